The van der Waals surface area contributed by atoms with Crippen molar-refractivity contribution in [2.75, 3.05) is 44.2 Å². The molecule has 0 aliphatic carbocycles. The number of anilines is 1. The number of aryl methyl sites for hydroxylation is 1. The van der Waals surface area contributed by atoms with Crippen molar-refractivity contribution in [3.8, 4) is 0 Å². The van der Waals surface area contributed by atoms with E-state index in [2.05, 4.69) is 11.8 Å². The normalized spacial score (nSPS) is 20.4. The molecule has 2 heterocycles. The second-order valence-corrected chi connectivity index (χ2v) is 8.94. The SMILES string of the molecule is Cc1ccc(Cl)cc1N1CCN(C(=O)C2CCN(S(N)(=O)=O)CC2)CC1. The van der Waals surface area contributed by atoms with Crippen LogP contribution in [0.15, 0.2) is 18.2 Å². The number of halogens is 1. The molecule has 0 aromatic heterocycles. The van der Waals surface area contributed by atoms with Crippen LogP contribution in [-0.4, -0.2) is 62.8 Å². The first-order valence-corrected chi connectivity index (χ1v) is 10.7. The molecular formula is C17H25ClN4O3S. The van der Waals surface area contributed by atoms with Crippen LogP contribution in [-0.2, 0) is 15.0 Å². The van der Waals surface area contributed by atoms with Crippen molar-refractivity contribution in [2.45, 2.75) is 19.8 Å². The van der Waals surface area contributed by atoms with Gasteiger partial charge in [0.25, 0.3) is 10.2 Å². The third kappa shape index (κ3) is 4.31. The van der Waals surface area contributed by atoms with Gasteiger partial charge in [0, 0.05) is 55.9 Å². The van der Waals surface area contributed by atoms with E-state index in [1.807, 2.05) is 23.1 Å². The first-order valence-electron chi connectivity index (χ1n) is 8.83. The molecule has 2 saturated heterocycles. The second kappa shape index (κ2) is 7.72. The summed E-state index contributed by atoms with van der Waals surface area (Å²) in [6.07, 6.45) is 1.06. The molecule has 1 amide bonds. The van der Waals surface area contributed by atoms with E-state index in [9.17, 15) is 13.2 Å². The van der Waals surface area contributed by atoms with E-state index in [0.717, 1.165) is 18.8 Å². The van der Waals surface area contributed by atoms with Crippen LogP contribution >= 0.6 is 11.6 Å². The smallest absolute Gasteiger partial charge is 0.276 e. The predicted molar refractivity (Wildman–Crippen MR) is 102 cm³/mol. The second-order valence-electron chi connectivity index (χ2n) is 6.96. The number of nitrogens with zero attached hydrogens (tertiary/aromatic N) is 3. The number of carbonyl (C=O) groups is 1. The summed E-state index contributed by atoms with van der Waals surface area (Å²) in [5.41, 5.74) is 2.29. The minimum atomic E-state index is -3.65. The van der Waals surface area contributed by atoms with Gasteiger partial charge in [0.15, 0.2) is 0 Å². The number of benzene rings is 1. The lowest BCUT2D eigenvalue weighted by atomic mass is 9.96. The lowest BCUT2D eigenvalue weighted by Gasteiger charge is -2.39. The Morgan fingerprint density at radius 3 is 2.31 bits per heavy atom. The minimum Gasteiger partial charge on any atom is -0.368 e. The standard InChI is InChI=1S/C17H25ClN4O3S/c1-13-2-3-15(18)12-16(13)20-8-10-21(11-9-20)17(23)14-4-6-22(7-5-14)26(19,24)25/h2-3,12,14H,4-11H2,1H3,(H2,19,24,25). The van der Waals surface area contributed by atoms with Crippen LogP contribution in [0.4, 0.5) is 5.69 Å². The van der Waals surface area contributed by atoms with Crippen LogP contribution in [0.1, 0.15) is 18.4 Å². The number of hydrogen-bond donors (Lipinski definition) is 1. The number of rotatable bonds is 3. The largest absolute Gasteiger partial charge is 0.368 e. The van der Waals surface area contributed by atoms with E-state index >= 15 is 0 Å². The third-order valence-corrected chi connectivity index (χ3v) is 6.59. The van der Waals surface area contributed by atoms with Crippen molar-refractivity contribution in [3.63, 3.8) is 0 Å². The fourth-order valence-corrected chi connectivity index (χ4v) is 4.59. The Bertz CT molecular complexity index is 770. The van der Waals surface area contributed by atoms with Gasteiger partial charge in [-0.1, -0.05) is 17.7 Å². The number of amides is 1. The highest BCUT2D eigenvalue weighted by Gasteiger charge is 2.33. The highest BCUT2D eigenvalue weighted by Crippen LogP contribution is 2.26. The van der Waals surface area contributed by atoms with Gasteiger partial charge in [-0.3, -0.25) is 4.79 Å². The highest BCUT2D eigenvalue weighted by molar-refractivity contribution is 7.86. The number of piperidine rings is 1. The van der Waals surface area contributed by atoms with E-state index in [1.165, 1.54) is 9.87 Å². The molecular weight excluding hydrogens is 376 g/mol. The molecule has 26 heavy (non-hydrogen) atoms. The average molecular weight is 401 g/mol. The Kier molecular flexibility index (Phi) is 5.76. The summed E-state index contributed by atoms with van der Waals surface area (Å²) >= 11 is 6.11. The molecule has 1 aromatic rings. The number of piperazine rings is 1. The fraction of sp³-hybridized carbons (Fsp3) is 0.588. The van der Waals surface area contributed by atoms with Crippen LogP contribution in [0.2, 0.25) is 5.02 Å². The molecule has 2 N–H and O–H groups in total. The summed E-state index contributed by atoms with van der Waals surface area (Å²) < 4.78 is 24.0. The minimum absolute atomic E-state index is 0.118. The molecule has 2 fully saturated rings. The Hall–Kier alpha value is -1.35. The van der Waals surface area contributed by atoms with Crippen LogP contribution in [0.5, 0.6) is 0 Å². The van der Waals surface area contributed by atoms with Crippen molar-refractivity contribution in [3.05, 3.63) is 28.8 Å². The van der Waals surface area contributed by atoms with E-state index < -0.39 is 10.2 Å². The molecule has 7 nitrogen and oxygen atoms in total. The van der Waals surface area contributed by atoms with Crippen LogP contribution < -0.4 is 10.0 Å². The Balaban J connectivity index is 1.55. The summed E-state index contributed by atoms with van der Waals surface area (Å²) in [5.74, 6) is 0.00833. The van der Waals surface area contributed by atoms with Gasteiger partial charge in [0.1, 0.15) is 0 Å². The van der Waals surface area contributed by atoms with Crippen LogP contribution in [0, 0.1) is 12.8 Å². The van der Waals surface area contributed by atoms with E-state index in [4.69, 9.17) is 16.7 Å². The van der Waals surface area contributed by atoms with E-state index in [-0.39, 0.29) is 11.8 Å². The van der Waals surface area contributed by atoms with Gasteiger partial charge in [-0.25, -0.2) is 5.14 Å². The average Bonchev–Trinajstić information content (AvgIpc) is 2.63. The molecule has 0 bridgehead atoms. The number of hydrogen-bond acceptors (Lipinski definition) is 4. The lowest BCUT2D eigenvalue weighted by Crippen LogP contribution is -2.52. The summed E-state index contributed by atoms with van der Waals surface area (Å²) in [6.45, 7) is 5.56. The van der Waals surface area contributed by atoms with Crippen LogP contribution in [0.25, 0.3) is 0 Å². The fourth-order valence-electron chi connectivity index (χ4n) is 3.71. The maximum atomic E-state index is 12.8. The van der Waals surface area contributed by atoms with Crippen molar-refractivity contribution < 1.29 is 13.2 Å². The predicted octanol–water partition coefficient (Wildman–Crippen LogP) is 1.21. The lowest BCUT2D eigenvalue weighted by molar-refractivity contribution is -0.137. The van der Waals surface area contributed by atoms with E-state index in [0.29, 0.717) is 44.0 Å². The molecule has 0 atom stereocenters. The number of carbonyl (C=O) groups excluding carboxylic acids is 1. The van der Waals surface area contributed by atoms with Crippen molar-refractivity contribution in [1.29, 1.82) is 0 Å². The first-order chi connectivity index (χ1) is 12.3. The van der Waals surface area contributed by atoms with Gasteiger partial charge in [-0.05, 0) is 37.5 Å². The molecule has 1 aromatic carbocycles. The molecule has 0 saturated carbocycles. The zero-order valence-electron chi connectivity index (χ0n) is 14.9. The van der Waals surface area contributed by atoms with Crippen molar-refractivity contribution >= 4 is 33.4 Å². The van der Waals surface area contributed by atoms with Crippen molar-refractivity contribution in [2.24, 2.45) is 11.1 Å². The zero-order valence-corrected chi connectivity index (χ0v) is 16.5. The maximum absolute atomic E-state index is 12.8. The Morgan fingerprint density at radius 2 is 1.73 bits per heavy atom. The summed E-state index contributed by atoms with van der Waals surface area (Å²) in [4.78, 5) is 16.9. The molecule has 9 heteroatoms. The van der Waals surface area contributed by atoms with Gasteiger partial charge in [0.05, 0.1) is 0 Å². The first kappa shape index (κ1) is 19.4. The van der Waals surface area contributed by atoms with Gasteiger partial charge < -0.3 is 9.80 Å². The third-order valence-electron chi connectivity index (χ3n) is 5.27. The summed E-state index contributed by atoms with van der Waals surface area (Å²) in [6, 6.07) is 5.86. The molecule has 144 valence electrons. The monoisotopic (exact) mass is 400 g/mol. The zero-order chi connectivity index (χ0) is 18.9. The quantitative estimate of drug-likeness (QED) is 0.826. The van der Waals surface area contributed by atoms with Crippen LogP contribution in [0.3, 0.4) is 0 Å². The maximum Gasteiger partial charge on any atom is 0.276 e. The molecule has 0 radical (unpaired) electrons. The molecule has 0 unspecified atom stereocenters. The van der Waals surface area contributed by atoms with Gasteiger partial charge in [-0.2, -0.15) is 12.7 Å². The van der Waals surface area contributed by atoms with Gasteiger partial charge in [0.2, 0.25) is 5.91 Å². The topological polar surface area (TPSA) is 86.9 Å². The Morgan fingerprint density at radius 1 is 1.12 bits per heavy atom. The van der Waals surface area contributed by atoms with E-state index in [1.54, 1.807) is 0 Å². The molecule has 0 spiro atoms. The highest BCUT2D eigenvalue weighted by atomic mass is 35.5. The summed E-state index contributed by atoms with van der Waals surface area (Å²) in [7, 11) is -3.65. The van der Waals surface area contributed by atoms with Gasteiger partial charge in [-0.15, -0.1) is 0 Å². The molecule has 2 aliphatic rings. The Labute approximate surface area is 159 Å². The molecule has 2 aliphatic heterocycles. The number of nitrogens with two attached hydrogens (primary N) is 1. The molecule has 3 rings (SSSR count). The van der Waals surface area contributed by atoms with Gasteiger partial charge >= 0.3 is 0 Å². The van der Waals surface area contributed by atoms with Crippen molar-refractivity contribution in [1.82, 2.24) is 9.21 Å². The summed E-state index contributed by atoms with van der Waals surface area (Å²) in [5, 5.41) is 5.87.